The number of hydrogen-bond acceptors (Lipinski definition) is 3. The van der Waals surface area contributed by atoms with Gasteiger partial charge in [-0.1, -0.05) is 11.6 Å². The predicted molar refractivity (Wildman–Crippen MR) is 70.9 cm³/mol. The number of likely N-dealkylation sites (tertiary alicyclic amines) is 1. The first kappa shape index (κ1) is 11.1. The van der Waals surface area contributed by atoms with Crippen molar-refractivity contribution in [2.24, 2.45) is 5.73 Å². The molecule has 1 aromatic carbocycles. The molecule has 1 heterocycles. The van der Waals surface area contributed by atoms with Crippen LogP contribution >= 0.6 is 11.6 Å². The molecule has 0 unspecified atom stereocenters. The molecule has 2 N–H and O–H groups in total. The Labute approximate surface area is 112 Å². The monoisotopic (exact) mass is 264 g/mol. The molecule has 5 rings (SSSR count). The SMILES string of the molecule is NC12CC(N3CC(Oc4ccc(Cl)cc4)C3)(C1)C2. The Bertz CT molecular complexity index is 461. The lowest BCUT2D eigenvalue weighted by molar-refractivity contribution is -0.204. The average molecular weight is 265 g/mol. The van der Waals surface area contributed by atoms with Gasteiger partial charge >= 0.3 is 0 Å². The molecule has 1 aromatic rings. The van der Waals surface area contributed by atoms with E-state index in [1.165, 1.54) is 19.3 Å². The van der Waals surface area contributed by atoms with Crippen molar-refractivity contribution in [2.45, 2.75) is 36.4 Å². The number of rotatable bonds is 3. The van der Waals surface area contributed by atoms with E-state index in [1.54, 1.807) is 0 Å². The zero-order valence-electron chi connectivity index (χ0n) is 10.2. The van der Waals surface area contributed by atoms with E-state index in [0.717, 1.165) is 23.9 Å². The van der Waals surface area contributed by atoms with Crippen LogP contribution in [0, 0.1) is 0 Å². The van der Waals surface area contributed by atoms with Crippen LogP contribution in [0.4, 0.5) is 0 Å². The number of nitrogens with two attached hydrogens (primary N) is 1. The third kappa shape index (κ3) is 1.51. The molecule has 3 saturated carbocycles. The lowest BCUT2D eigenvalue weighted by Gasteiger charge is -2.74. The van der Waals surface area contributed by atoms with Crippen LogP contribution in [0.15, 0.2) is 24.3 Å². The minimum atomic E-state index is 0.197. The van der Waals surface area contributed by atoms with Gasteiger partial charge < -0.3 is 10.5 Å². The van der Waals surface area contributed by atoms with Crippen LogP contribution in [0.3, 0.4) is 0 Å². The Morgan fingerprint density at radius 1 is 1.17 bits per heavy atom. The maximum Gasteiger partial charge on any atom is 0.124 e. The van der Waals surface area contributed by atoms with Crippen molar-refractivity contribution in [2.75, 3.05) is 13.1 Å². The van der Waals surface area contributed by atoms with Crippen LogP contribution in [0.2, 0.25) is 5.02 Å². The van der Waals surface area contributed by atoms with Crippen LogP contribution in [-0.4, -0.2) is 35.2 Å². The average Bonchev–Trinajstić information content (AvgIpc) is 2.20. The first-order chi connectivity index (χ1) is 8.57. The van der Waals surface area contributed by atoms with Gasteiger partial charge in [-0.15, -0.1) is 0 Å². The molecule has 4 fully saturated rings. The van der Waals surface area contributed by atoms with E-state index in [9.17, 15) is 0 Å². The van der Waals surface area contributed by atoms with Crippen LogP contribution < -0.4 is 10.5 Å². The van der Waals surface area contributed by atoms with Gasteiger partial charge in [-0.2, -0.15) is 0 Å². The van der Waals surface area contributed by atoms with Crippen molar-refractivity contribution in [3.63, 3.8) is 0 Å². The van der Waals surface area contributed by atoms with Gasteiger partial charge in [-0.05, 0) is 43.5 Å². The summed E-state index contributed by atoms with van der Waals surface area (Å²) in [5.41, 5.74) is 6.74. The second kappa shape index (κ2) is 3.41. The first-order valence-electron chi connectivity index (χ1n) is 6.53. The van der Waals surface area contributed by atoms with Gasteiger partial charge in [0.2, 0.25) is 0 Å². The first-order valence-corrected chi connectivity index (χ1v) is 6.91. The normalized spacial score (nSPS) is 38.6. The fraction of sp³-hybridized carbons (Fsp3) is 0.571. The molecule has 2 bridgehead atoms. The zero-order valence-corrected chi connectivity index (χ0v) is 11.0. The fourth-order valence-corrected chi connectivity index (χ4v) is 3.88. The van der Waals surface area contributed by atoms with Crippen molar-refractivity contribution >= 4 is 11.6 Å². The van der Waals surface area contributed by atoms with Crippen LogP contribution in [0.25, 0.3) is 0 Å². The summed E-state index contributed by atoms with van der Waals surface area (Å²) in [5.74, 6) is 0.914. The highest BCUT2D eigenvalue weighted by atomic mass is 35.5. The highest BCUT2D eigenvalue weighted by molar-refractivity contribution is 6.30. The summed E-state index contributed by atoms with van der Waals surface area (Å²) < 4.78 is 5.91. The number of hydrogen-bond donors (Lipinski definition) is 1. The van der Waals surface area contributed by atoms with Crippen LogP contribution in [0.1, 0.15) is 19.3 Å². The van der Waals surface area contributed by atoms with Gasteiger partial charge in [0.25, 0.3) is 0 Å². The standard InChI is InChI=1S/C14H17ClN2O/c15-10-1-3-11(4-2-10)18-12-5-17(6-12)14-7-13(16,8-14)9-14/h1-4,12H,5-9,16H2. The van der Waals surface area contributed by atoms with Crippen molar-refractivity contribution in [3.8, 4) is 5.75 Å². The molecular formula is C14H17ClN2O. The number of benzene rings is 1. The van der Waals surface area contributed by atoms with Gasteiger partial charge in [0.05, 0.1) is 0 Å². The third-order valence-corrected chi connectivity index (χ3v) is 4.93. The highest BCUT2D eigenvalue weighted by Crippen LogP contribution is 2.63. The van der Waals surface area contributed by atoms with Crippen molar-refractivity contribution in [1.82, 2.24) is 4.90 Å². The Morgan fingerprint density at radius 2 is 1.78 bits per heavy atom. The second-order valence-electron chi connectivity index (χ2n) is 6.22. The zero-order chi connectivity index (χ0) is 12.4. The van der Waals surface area contributed by atoms with E-state index in [2.05, 4.69) is 4.90 Å². The summed E-state index contributed by atoms with van der Waals surface area (Å²) in [4.78, 5) is 2.54. The van der Waals surface area contributed by atoms with Gasteiger partial charge in [-0.25, -0.2) is 0 Å². The van der Waals surface area contributed by atoms with Crippen molar-refractivity contribution in [1.29, 1.82) is 0 Å². The van der Waals surface area contributed by atoms with Gasteiger partial charge in [-0.3, -0.25) is 4.90 Å². The second-order valence-corrected chi connectivity index (χ2v) is 6.65. The molecule has 96 valence electrons. The van der Waals surface area contributed by atoms with Crippen molar-refractivity contribution in [3.05, 3.63) is 29.3 Å². The highest BCUT2D eigenvalue weighted by Gasteiger charge is 2.69. The Balaban J connectivity index is 1.31. The molecule has 4 heteroatoms. The summed E-state index contributed by atoms with van der Waals surface area (Å²) in [6.45, 7) is 2.08. The largest absolute Gasteiger partial charge is 0.488 e. The van der Waals surface area contributed by atoms with E-state index in [0.29, 0.717) is 11.6 Å². The molecule has 0 spiro atoms. The minimum absolute atomic E-state index is 0.197. The van der Waals surface area contributed by atoms with Gasteiger partial charge in [0.15, 0.2) is 0 Å². The van der Waals surface area contributed by atoms with E-state index in [4.69, 9.17) is 22.1 Å². The number of nitrogens with zero attached hydrogens (tertiary/aromatic N) is 1. The topological polar surface area (TPSA) is 38.5 Å². The lowest BCUT2D eigenvalue weighted by atomic mass is 9.43. The molecule has 3 nitrogen and oxygen atoms in total. The van der Waals surface area contributed by atoms with Crippen LogP contribution in [-0.2, 0) is 0 Å². The Hall–Kier alpha value is -0.770. The number of halogens is 1. The van der Waals surface area contributed by atoms with Gasteiger partial charge in [0.1, 0.15) is 11.9 Å². The fourth-order valence-electron chi connectivity index (χ4n) is 3.75. The van der Waals surface area contributed by atoms with Gasteiger partial charge in [0, 0.05) is 29.2 Å². The summed E-state index contributed by atoms with van der Waals surface area (Å²) in [5, 5.41) is 0.750. The lowest BCUT2D eigenvalue weighted by Crippen LogP contribution is -2.85. The molecule has 3 aliphatic carbocycles. The molecular weight excluding hydrogens is 248 g/mol. The molecule has 0 amide bonds. The maximum absolute atomic E-state index is 6.09. The van der Waals surface area contributed by atoms with E-state index < -0.39 is 0 Å². The Kier molecular flexibility index (Phi) is 2.10. The van der Waals surface area contributed by atoms with E-state index in [-0.39, 0.29) is 5.54 Å². The maximum atomic E-state index is 6.09. The summed E-state index contributed by atoms with van der Waals surface area (Å²) in [6, 6.07) is 7.60. The number of ether oxygens (including phenoxy) is 1. The van der Waals surface area contributed by atoms with E-state index >= 15 is 0 Å². The molecule has 0 aromatic heterocycles. The Morgan fingerprint density at radius 3 is 2.33 bits per heavy atom. The quantitative estimate of drug-likeness (QED) is 0.908. The van der Waals surface area contributed by atoms with Crippen molar-refractivity contribution < 1.29 is 4.74 Å². The van der Waals surface area contributed by atoms with E-state index in [1.807, 2.05) is 24.3 Å². The predicted octanol–water partition coefficient (Wildman–Crippen LogP) is 2.04. The molecule has 18 heavy (non-hydrogen) atoms. The molecule has 1 aliphatic heterocycles. The molecule has 0 radical (unpaired) electrons. The molecule has 1 saturated heterocycles. The third-order valence-electron chi connectivity index (χ3n) is 4.68. The molecule has 0 atom stereocenters. The van der Waals surface area contributed by atoms with Crippen LogP contribution in [0.5, 0.6) is 5.75 Å². The minimum Gasteiger partial charge on any atom is -0.488 e. The summed E-state index contributed by atoms with van der Waals surface area (Å²) >= 11 is 5.85. The smallest absolute Gasteiger partial charge is 0.124 e. The summed E-state index contributed by atoms with van der Waals surface area (Å²) in [7, 11) is 0. The molecule has 4 aliphatic rings. The summed E-state index contributed by atoms with van der Waals surface area (Å²) in [6.07, 6.45) is 3.89.